The molecular weight excluding hydrogens is 319 g/mol. The second-order valence-electron chi connectivity index (χ2n) is 5.81. The van der Waals surface area contributed by atoms with Crippen molar-refractivity contribution in [2.45, 2.75) is 38.0 Å². The summed E-state index contributed by atoms with van der Waals surface area (Å²) in [4.78, 5) is 36.5. The van der Waals surface area contributed by atoms with Gasteiger partial charge in [-0.05, 0) is 17.7 Å². The van der Waals surface area contributed by atoms with Crippen LogP contribution in [0.4, 0.5) is 4.39 Å². The molecule has 1 saturated heterocycles. The van der Waals surface area contributed by atoms with Crippen molar-refractivity contribution < 1.29 is 29.0 Å². The summed E-state index contributed by atoms with van der Waals surface area (Å²) in [6.45, 7) is 1.33. The standard InChI is InChI=1S/C16H19FN2O5/c1-9(20)19-8-12(21)7-14(19)15(22)18-13(16(23)24)6-10-2-4-11(17)5-3-10/h2-5,12-14,21H,6-8H2,1H3,(H,18,22)(H,23,24)/t12-,13-,14+/m1/s1. The first kappa shape index (κ1) is 17.9. The van der Waals surface area contributed by atoms with Crippen LogP contribution in [0.25, 0.3) is 0 Å². The third-order valence-electron chi connectivity index (χ3n) is 3.95. The summed E-state index contributed by atoms with van der Waals surface area (Å²) >= 11 is 0. The molecule has 0 saturated carbocycles. The second kappa shape index (κ2) is 7.39. The molecule has 24 heavy (non-hydrogen) atoms. The number of rotatable bonds is 5. The maximum absolute atomic E-state index is 12.9. The molecule has 7 nitrogen and oxygen atoms in total. The van der Waals surface area contributed by atoms with E-state index in [1.54, 1.807) is 0 Å². The van der Waals surface area contributed by atoms with Gasteiger partial charge in [0, 0.05) is 26.3 Å². The fraction of sp³-hybridized carbons (Fsp3) is 0.438. The van der Waals surface area contributed by atoms with E-state index in [2.05, 4.69) is 5.32 Å². The number of aliphatic hydroxyl groups is 1. The first-order chi connectivity index (χ1) is 11.3. The number of carbonyl (C=O) groups excluding carboxylic acids is 2. The molecule has 3 N–H and O–H groups in total. The molecule has 0 aromatic heterocycles. The van der Waals surface area contributed by atoms with Crippen LogP contribution in [0, 0.1) is 5.82 Å². The molecule has 8 heteroatoms. The van der Waals surface area contributed by atoms with Gasteiger partial charge in [-0.15, -0.1) is 0 Å². The fourth-order valence-electron chi connectivity index (χ4n) is 2.73. The van der Waals surface area contributed by atoms with Crippen LogP contribution in [0.2, 0.25) is 0 Å². The summed E-state index contributed by atoms with van der Waals surface area (Å²) in [5.74, 6) is -2.67. The number of carboxylic acids is 1. The van der Waals surface area contributed by atoms with Crippen LogP contribution in [0.1, 0.15) is 18.9 Å². The van der Waals surface area contributed by atoms with Gasteiger partial charge in [-0.2, -0.15) is 0 Å². The van der Waals surface area contributed by atoms with E-state index in [0.717, 1.165) is 0 Å². The monoisotopic (exact) mass is 338 g/mol. The highest BCUT2D eigenvalue weighted by Gasteiger charge is 2.38. The molecule has 1 aliphatic rings. The molecule has 1 fully saturated rings. The molecule has 0 bridgehead atoms. The zero-order valence-corrected chi connectivity index (χ0v) is 13.1. The van der Waals surface area contributed by atoms with E-state index in [9.17, 15) is 29.0 Å². The highest BCUT2D eigenvalue weighted by atomic mass is 19.1. The van der Waals surface area contributed by atoms with Crippen molar-refractivity contribution in [1.82, 2.24) is 10.2 Å². The number of likely N-dealkylation sites (tertiary alicyclic amines) is 1. The number of hydrogen-bond donors (Lipinski definition) is 3. The Balaban J connectivity index is 2.06. The number of carbonyl (C=O) groups is 3. The Morgan fingerprint density at radius 3 is 2.50 bits per heavy atom. The van der Waals surface area contributed by atoms with Crippen LogP contribution in [0.5, 0.6) is 0 Å². The van der Waals surface area contributed by atoms with Crippen molar-refractivity contribution in [3.63, 3.8) is 0 Å². The third-order valence-corrected chi connectivity index (χ3v) is 3.95. The minimum absolute atomic E-state index is 0.0172. The van der Waals surface area contributed by atoms with Gasteiger partial charge in [-0.1, -0.05) is 12.1 Å². The quantitative estimate of drug-likeness (QED) is 0.696. The first-order valence-electron chi connectivity index (χ1n) is 7.51. The number of β-amino-alcohol motifs (C(OH)–C–C–N with tert-alkyl or cyclic N) is 1. The number of carboxylic acid groups (broad SMARTS) is 1. The van der Waals surface area contributed by atoms with Crippen molar-refractivity contribution in [3.05, 3.63) is 35.6 Å². The van der Waals surface area contributed by atoms with Gasteiger partial charge in [0.1, 0.15) is 17.9 Å². The van der Waals surface area contributed by atoms with E-state index >= 15 is 0 Å². The van der Waals surface area contributed by atoms with Gasteiger partial charge in [0.2, 0.25) is 11.8 Å². The maximum Gasteiger partial charge on any atom is 0.326 e. The maximum atomic E-state index is 12.9. The van der Waals surface area contributed by atoms with Gasteiger partial charge in [-0.3, -0.25) is 9.59 Å². The molecule has 1 aromatic rings. The number of aliphatic hydroxyl groups excluding tert-OH is 1. The summed E-state index contributed by atoms with van der Waals surface area (Å²) in [6, 6.07) is 3.20. The zero-order valence-electron chi connectivity index (χ0n) is 13.1. The molecule has 0 spiro atoms. The van der Waals surface area contributed by atoms with E-state index in [1.165, 1.54) is 36.1 Å². The second-order valence-corrected chi connectivity index (χ2v) is 5.81. The number of benzene rings is 1. The van der Waals surface area contributed by atoms with Crippen LogP contribution < -0.4 is 5.32 Å². The number of nitrogens with one attached hydrogen (secondary N) is 1. The SMILES string of the molecule is CC(=O)N1C[C@H](O)C[C@H]1C(=O)N[C@H](Cc1ccc(F)cc1)C(=O)O. The Bertz CT molecular complexity index is 634. The lowest BCUT2D eigenvalue weighted by Crippen LogP contribution is -2.51. The Hall–Kier alpha value is -2.48. The Labute approximate surface area is 138 Å². The Kier molecular flexibility index (Phi) is 5.50. The average Bonchev–Trinajstić information content (AvgIpc) is 2.91. The molecule has 1 heterocycles. The third kappa shape index (κ3) is 4.29. The largest absolute Gasteiger partial charge is 0.480 e. The summed E-state index contributed by atoms with van der Waals surface area (Å²) in [7, 11) is 0. The van der Waals surface area contributed by atoms with Gasteiger partial charge < -0.3 is 20.4 Å². The summed E-state index contributed by atoms with van der Waals surface area (Å²) < 4.78 is 12.9. The van der Waals surface area contributed by atoms with Gasteiger partial charge in [0.25, 0.3) is 0 Å². The molecule has 3 atom stereocenters. The number of hydrogen-bond acceptors (Lipinski definition) is 4. The van der Waals surface area contributed by atoms with Crippen molar-refractivity contribution in [2.24, 2.45) is 0 Å². The predicted molar refractivity (Wildman–Crippen MR) is 81.5 cm³/mol. The molecular formula is C16H19FN2O5. The number of halogens is 1. The fourth-order valence-corrected chi connectivity index (χ4v) is 2.73. The molecule has 1 aliphatic heterocycles. The topological polar surface area (TPSA) is 107 Å². The minimum Gasteiger partial charge on any atom is -0.480 e. The van der Waals surface area contributed by atoms with Crippen LogP contribution in [-0.4, -0.2) is 57.6 Å². The molecule has 2 amide bonds. The lowest BCUT2D eigenvalue weighted by molar-refractivity contribution is -0.143. The van der Waals surface area contributed by atoms with Gasteiger partial charge in [0.15, 0.2) is 0 Å². The smallest absolute Gasteiger partial charge is 0.326 e. The van der Waals surface area contributed by atoms with Crippen LogP contribution in [-0.2, 0) is 20.8 Å². The van der Waals surface area contributed by atoms with Crippen molar-refractivity contribution in [1.29, 1.82) is 0 Å². The van der Waals surface area contributed by atoms with Gasteiger partial charge in [0.05, 0.1) is 6.10 Å². The average molecular weight is 338 g/mol. The van der Waals surface area contributed by atoms with Crippen LogP contribution >= 0.6 is 0 Å². The normalized spacial score (nSPS) is 21.4. The van der Waals surface area contributed by atoms with E-state index in [-0.39, 0.29) is 25.3 Å². The van der Waals surface area contributed by atoms with E-state index in [0.29, 0.717) is 5.56 Å². The van der Waals surface area contributed by atoms with Gasteiger partial charge >= 0.3 is 5.97 Å². The van der Waals surface area contributed by atoms with E-state index in [4.69, 9.17) is 0 Å². The molecule has 130 valence electrons. The van der Waals surface area contributed by atoms with Crippen molar-refractivity contribution >= 4 is 17.8 Å². The first-order valence-corrected chi connectivity index (χ1v) is 7.51. The van der Waals surface area contributed by atoms with Crippen molar-refractivity contribution in [3.8, 4) is 0 Å². The molecule has 1 aromatic carbocycles. The number of amides is 2. The molecule has 0 aliphatic carbocycles. The lowest BCUT2D eigenvalue weighted by Gasteiger charge is -2.24. The highest BCUT2D eigenvalue weighted by molar-refractivity contribution is 5.90. The zero-order chi connectivity index (χ0) is 17.9. The summed E-state index contributed by atoms with van der Waals surface area (Å²) in [5, 5.41) is 21.3. The highest BCUT2D eigenvalue weighted by Crippen LogP contribution is 2.18. The minimum atomic E-state index is -1.24. The predicted octanol–water partition coefficient (Wildman–Crippen LogP) is -0.0807. The Morgan fingerprint density at radius 2 is 1.96 bits per heavy atom. The van der Waals surface area contributed by atoms with Crippen LogP contribution in [0.3, 0.4) is 0 Å². The molecule has 0 unspecified atom stereocenters. The number of aliphatic carboxylic acids is 1. The summed E-state index contributed by atoms with van der Waals surface area (Å²) in [5.41, 5.74) is 0.555. The van der Waals surface area contributed by atoms with Crippen LogP contribution in [0.15, 0.2) is 24.3 Å². The van der Waals surface area contributed by atoms with Crippen molar-refractivity contribution in [2.75, 3.05) is 6.54 Å². The lowest BCUT2D eigenvalue weighted by atomic mass is 10.0. The van der Waals surface area contributed by atoms with E-state index in [1.807, 2.05) is 0 Å². The molecule has 0 radical (unpaired) electrons. The number of nitrogens with zero attached hydrogens (tertiary/aromatic N) is 1. The Morgan fingerprint density at radius 1 is 1.33 bits per heavy atom. The molecule has 2 rings (SSSR count). The van der Waals surface area contributed by atoms with Gasteiger partial charge in [-0.25, -0.2) is 9.18 Å². The van der Waals surface area contributed by atoms with E-state index < -0.39 is 35.9 Å². The summed E-state index contributed by atoms with van der Waals surface area (Å²) in [6.07, 6.45) is -0.768.